The van der Waals surface area contributed by atoms with Gasteiger partial charge in [-0.15, -0.1) is 0 Å². The lowest BCUT2D eigenvalue weighted by Crippen LogP contribution is -2.40. The fourth-order valence-corrected chi connectivity index (χ4v) is 4.60. The summed E-state index contributed by atoms with van der Waals surface area (Å²) >= 11 is 0. The number of ether oxygens (including phenoxy) is 1. The Bertz CT molecular complexity index is 697. The minimum atomic E-state index is -0.315. The van der Waals surface area contributed by atoms with Crippen LogP contribution in [0.15, 0.2) is 24.3 Å². The number of benzene rings is 1. The van der Waals surface area contributed by atoms with E-state index >= 15 is 0 Å². The SMILES string of the molecule is O=C(OCC(=O)N1CCc2ccccc21)C1CC2CCCC(C1)C2=O. The van der Waals surface area contributed by atoms with E-state index in [1.165, 1.54) is 0 Å². The molecule has 2 unspecified atom stereocenters. The number of fused-ring (bicyclic) bond motifs is 3. The van der Waals surface area contributed by atoms with Crippen LogP contribution >= 0.6 is 0 Å². The smallest absolute Gasteiger partial charge is 0.309 e. The van der Waals surface area contributed by atoms with Crippen molar-refractivity contribution < 1.29 is 19.1 Å². The Morgan fingerprint density at radius 1 is 1.12 bits per heavy atom. The average Bonchev–Trinajstić information content (AvgIpc) is 3.03. The number of hydrogen-bond donors (Lipinski definition) is 0. The number of amides is 1. The van der Waals surface area contributed by atoms with Gasteiger partial charge in [-0.05, 0) is 43.7 Å². The van der Waals surface area contributed by atoms with Crippen LogP contribution in [0.5, 0.6) is 0 Å². The molecule has 1 aliphatic heterocycles. The van der Waals surface area contributed by atoms with Crippen LogP contribution < -0.4 is 4.90 Å². The lowest BCUT2D eigenvalue weighted by molar-refractivity contribution is -0.156. The highest BCUT2D eigenvalue weighted by atomic mass is 16.5. The van der Waals surface area contributed by atoms with Gasteiger partial charge in [0.1, 0.15) is 5.78 Å². The molecule has 1 heterocycles. The predicted octanol–water partition coefficient (Wildman–Crippen LogP) is 2.51. The topological polar surface area (TPSA) is 63.7 Å². The number of para-hydroxylation sites is 1. The molecular weight excluding hydrogens is 318 g/mol. The van der Waals surface area contributed by atoms with E-state index in [2.05, 4.69) is 0 Å². The van der Waals surface area contributed by atoms with Gasteiger partial charge in [-0.1, -0.05) is 24.6 Å². The minimum absolute atomic E-state index is 0.0196. The van der Waals surface area contributed by atoms with Crippen LogP contribution in [0, 0.1) is 17.8 Å². The quantitative estimate of drug-likeness (QED) is 0.793. The first-order chi connectivity index (χ1) is 12.1. The molecule has 0 aromatic heterocycles. The lowest BCUT2D eigenvalue weighted by atomic mass is 9.67. The summed E-state index contributed by atoms with van der Waals surface area (Å²) in [7, 11) is 0. The van der Waals surface area contributed by atoms with Crippen molar-refractivity contribution in [2.24, 2.45) is 17.8 Å². The van der Waals surface area contributed by atoms with Crippen molar-refractivity contribution in [1.29, 1.82) is 0 Å². The molecule has 25 heavy (non-hydrogen) atoms. The maximum Gasteiger partial charge on any atom is 0.309 e. The number of hydrogen-bond acceptors (Lipinski definition) is 4. The van der Waals surface area contributed by atoms with Gasteiger partial charge in [-0.25, -0.2) is 0 Å². The summed E-state index contributed by atoms with van der Waals surface area (Å²) in [5.41, 5.74) is 2.07. The summed E-state index contributed by atoms with van der Waals surface area (Å²) in [6.07, 6.45) is 4.88. The number of carbonyl (C=O) groups is 3. The number of nitrogens with zero attached hydrogens (tertiary/aromatic N) is 1. The van der Waals surface area contributed by atoms with Crippen LogP contribution in [0.4, 0.5) is 5.69 Å². The molecule has 2 aliphatic carbocycles. The molecule has 2 fully saturated rings. The molecule has 2 saturated carbocycles. The summed E-state index contributed by atoms with van der Waals surface area (Å²) in [6, 6.07) is 7.82. The average molecular weight is 341 g/mol. The van der Waals surface area contributed by atoms with Gasteiger partial charge in [0.2, 0.25) is 0 Å². The molecule has 0 N–H and O–H groups in total. The molecule has 0 spiro atoms. The van der Waals surface area contributed by atoms with Crippen LogP contribution in [0.3, 0.4) is 0 Å². The van der Waals surface area contributed by atoms with E-state index in [1.807, 2.05) is 24.3 Å². The highest BCUT2D eigenvalue weighted by molar-refractivity contribution is 5.97. The highest BCUT2D eigenvalue weighted by Gasteiger charge is 2.42. The van der Waals surface area contributed by atoms with Crippen LogP contribution in [0.2, 0.25) is 0 Å². The molecule has 5 heteroatoms. The minimum Gasteiger partial charge on any atom is -0.455 e. The molecule has 0 saturated heterocycles. The van der Waals surface area contributed by atoms with E-state index in [0.717, 1.165) is 36.9 Å². The molecule has 1 aromatic carbocycles. The summed E-state index contributed by atoms with van der Waals surface area (Å²) in [4.78, 5) is 38.7. The number of Topliss-reactive ketones (excluding diaryl/α,β-unsaturated/α-hetero) is 1. The third-order valence-corrected chi connectivity index (χ3v) is 5.91. The number of carbonyl (C=O) groups excluding carboxylic acids is 3. The van der Waals surface area contributed by atoms with Gasteiger partial charge in [-0.2, -0.15) is 0 Å². The largest absolute Gasteiger partial charge is 0.455 e. The van der Waals surface area contributed by atoms with Crippen LogP contribution in [0.1, 0.15) is 37.7 Å². The Hall–Kier alpha value is -2.17. The van der Waals surface area contributed by atoms with Crippen molar-refractivity contribution in [3.05, 3.63) is 29.8 Å². The second-order valence-corrected chi connectivity index (χ2v) is 7.43. The van der Waals surface area contributed by atoms with Crippen molar-refractivity contribution in [3.8, 4) is 0 Å². The van der Waals surface area contributed by atoms with Gasteiger partial charge < -0.3 is 9.64 Å². The Morgan fingerprint density at radius 2 is 1.84 bits per heavy atom. The summed E-state index contributed by atoms with van der Waals surface area (Å²) < 4.78 is 5.33. The molecule has 2 atom stereocenters. The maximum absolute atomic E-state index is 12.4. The number of ketones is 1. The molecule has 0 radical (unpaired) electrons. The van der Waals surface area contributed by atoms with E-state index in [0.29, 0.717) is 25.2 Å². The third-order valence-electron chi connectivity index (χ3n) is 5.91. The fourth-order valence-electron chi connectivity index (χ4n) is 4.60. The molecule has 1 amide bonds. The zero-order valence-corrected chi connectivity index (χ0v) is 14.3. The van der Waals surface area contributed by atoms with E-state index in [4.69, 9.17) is 4.74 Å². The van der Waals surface area contributed by atoms with Crippen molar-refractivity contribution in [1.82, 2.24) is 0 Å². The second-order valence-electron chi connectivity index (χ2n) is 7.43. The molecule has 4 rings (SSSR count). The zero-order chi connectivity index (χ0) is 17.4. The lowest BCUT2D eigenvalue weighted by Gasteiger charge is -2.36. The van der Waals surface area contributed by atoms with Gasteiger partial charge >= 0.3 is 5.97 Å². The summed E-state index contributed by atoms with van der Waals surface area (Å²) in [5, 5.41) is 0. The monoisotopic (exact) mass is 341 g/mol. The number of anilines is 1. The van der Waals surface area contributed by atoms with Crippen molar-refractivity contribution in [2.45, 2.75) is 38.5 Å². The van der Waals surface area contributed by atoms with E-state index in [9.17, 15) is 14.4 Å². The van der Waals surface area contributed by atoms with Gasteiger partial charge in [0.15, 0.2) is 6.61 Å². The maximum atomic E-state index is 12.4. The van der Waals surface area contributed by atoms with Crippen molar-refractivity contribution >= 4 is 23.3 Å². The van der Waals surface area contributed by atoms with Crippen LogP contribution in [-0.4, -0.2) is 30.8 Å². The second kappa shape index (κ2) is 6.62. The molecule has 132 valence electrons. The first kappa shape index (κ1) is 16.3. The summed E-state index contributed by atoms with van der Waals surface area (Å²) in [6.45, 7) is 0.421. The van der Waals surface area contributed by atoms with Gasteiger partial charge in [0, 0.05) is 24.1 Å². The Labute approximate surface area is 147 Å². The van der Waals surface area contributed by atoms with E-state index in [1.54, 1.807) is 4.90 Å². The van der Waals surface area contributed by atoms with Crippen LogP contribution in [-0.2, 0) is 25.5 Å². The van der Waals surface area contributed by atoms with E-state index in [-0.39, 0.29) is 36.2 Å². The van der Waals surface area contributed by atoms with Crippen LogP contribution in [0.25, 0.3) is 0 Å². The van der Waals surface area contributed by atoms with Crippen molar-refractivity contribution in [2.75, 3.05) is 18.1 Å². The molecule has 2 bridgehead atoms. The van der Waals surface area contributed by atoms with Gasteiger partial charge in [0.25, 0.3) is 5.91 Å². The van der Waals surface area contributed by atoms with Crippen molar-refractivity contribution in [3.63, 3.8) is 0 Å². The Kier molecular flexibility index (Phi) is 4.32. The van der Waals surface area contributed by atoms with Gasteiger partial charge in [-0.3, -0.25) is 14.4 Å². The predicted molar refractivity (Wildman–Crippen MR) is 92.0 cm³/mol. The summed E-state index contributed by atoms with van der Waals surface area (Å²) in [5.74, 6) is -0.347. The normalized spacial score (nSPS) is 27.8. The highest BCUT2D eigenvalue weighted by Crippen LogP contribution is 2.40. The molecule has 5 nitrogen and oxygen atoms in total. The number of esters is 1. The zero-order valence-electron chi connectivity index (χ0n) is 14.3. The standard InChI is InChI=1S/C20H23NO4/c22-18(21-9-8-13-4-1-2-7-17(13)21)12-25-20(24)16-10-14-5-3-6-15(11-16)19(14)23/h1-2,4,7,14-16H,3,5-6,8-12H2. The number of rotatable bonds is 3. The molecular formula is C20H23NO4. The first-order valence-electron chi connectivity index (χ1n) is 9.22. The Balaban J connectivity index is 1.33. The third kappa shape index (κ3) is 3.08. The first-order valence-corrected chi connectivity index (χ1v) is 9.22. The molecule has 3 aliphatic rings. The fraction of sp³-hybridized carbons (Fsp3) is 0.550. The Morgan fingerprint density at radius 3 is 2.60 bits per heavy atom. The van der Waals surface area contributed by atoms with Gasteiger partial charge in [0.05, 0.1) is 5.92 Å². The van der Waals surface area contributed by atoms with E-state index < -0.39 is 0 Å². The molecule has 1 aromatic rings.